The first-order valence-electron chi connectivity index (χ1n) is 5.37. The van der Waals surface area contributed by atoms with Gasteiger partial charge < -0.3 is 9.05 Å². The highest BCUT2D eigenvalue weighted by Crippen LogP contribution is 2.38. The zero-order valence-corrected chi connectivity index (χ0v) is 11.9. The minimum Gasteiger partial charge on any atom is -0.314 e. The summed E-state index contributed by atoms with van der Waals surface area (Å²) in [7, 11) is -0.934. The topological polar surface area (TPSA) is 35.5 Å². The molecule has 0 amide bonds. The zero-order chi connectivity index (χ0) is 12.8. The highest BCUT2D eigenvalue weighted by atomic mass is 31.1. The Hall–Kier alpha value is -0.290. The van der Waals surface area contributed by atoms with Crippen LogP contribution < -0.4 is 0 Å². The molecule has 0 bridgehead atoms. The average Bonchev–Trinajstić information content (AvgIpc) is 2.12. The molecule has 0 heterocycles. The molecule has 0 aromatic carbocycles. The Morgan fingerprint density at radius 1 is 1.25 bits per heavy atom. The van der Waals surface area contributed by atoms with Gasteiger partial charge in [-0.1, -0.05) is 27.7 Å². The lowest BCUT2D eigenvalue weighted by atomic mass is 9.74. The van der Waals surface area contributed by atoms with Gasteiger partial charge in [0.05, 0.1) is 6.61 Å². The summed E-state index contributed by atoms with van der Waals surface area (Å²) >= 11 is 0. The summed E-state index contributed by atoms with van der Waals surface area (Å²) in [5, 5.41) is 0. The summed E-state index contributed by atoms with van der Waals surface area (Å²) in [5.74, 6) is 2.69. The third-order valence-electron chi connectivity index (χ3n) is 2.29. The van der Waals surface area contributed by atoms with Gasteiger partial charge in [-0.15, -0.1) is 12.3 Å². The monoisotopic (exact) mass is 246 g/mol. The Kier molecular flexibility index (Phi) is 6.33. The molecule has 0 N–H and O–H groups in total. The Morgan fingerprint density at radius 3 is 2.25 bits per heavy atom. The van der Waals surface area contributed by atoms with Crippen molar-refractivity contribution in [3.05, 3.63) is 0 Å². The van der Waals surface area contributed by atoms with Crippen LogP contribution in [-0.4, -0.2) is 13.7 Å². The summed E-state index contributed by atoms with van der Waals surface area (Å²) in [6, 6.07) is 0. The SMILES string of the molecule is C#CCC(C)(C)CC(C)(C)CO[PH](=O)OC. The van der Waals surface area contributed by atoms with E-state index in [-0.39, 0.29) is 10.8 Å². The van der Waals surface area contributed by atoms with E-state index in [0.717, 1.165) is 12.8 Å². The fourth-order valence-corrected chi connectivity index (χ4v) is 2.62. The lowest BCUT2D eigenvalue weighted by Crippen LogP contribution is -2.26. The third-order valence-corrected chi connectivity index (χ3v) is 3.00. The van der Waals surface area contributed by atoms with Gasteiger partial charge in [0.1, 0.15) is 0 Å². The maximum Gasteiger partial charge on any atom is 0.318 e. The first-order valence-corrected chi connectivity index (χ1v) is 6.59. The molecule has 0 aliphatic rings. The highest BCUT2D eigenvalue weighted by Gasteiger charge is 2.29. The quantitative estimate of drug-likeness (QED) is 0.509. The van der Waals surface area contributed by atoms with Gasteiger partial charge in [-0.25, -0.2) is 0 Å². The predicted octanol–water partition coefficient (Wildman–Crippen LogP) is 3.50. The van der Waals surface area contributed by atoms with E-state index < -0.39 is 8.25 Å². The molecule has 0 aromatic heterocycles. The molecule has 0 aliphatic carbocycles. The second kappa shape index (κ2) is 6.45. The van der Waals surface area contributed by atoms with Crippen molar-refractivity contribution < 1.29 is 13.6 Å². The van der Waals surface area contributed by atoms with E-state index >= 15 is 0 Å². The predicted molar refractivity (Wildman–Crippen MR) is 67.6 cm³/mol. The average molecular weight is 246 g/mol. The number of hydrogen-bond acceptors (Lipinski definition) is 3. The van der Waals surface area contributed by atoms with Crippen LogP contribution in [0.1, 0.15) is 40.5 Å². The van der Waals surface area contributed by atoms with Crippen molar-refractivity contribution in [3.8, 4) is 12.3 Å². The van der Waals surface area contributed by atoms with Crippen molar-refractivity contribution in [2.75, 3.05) is 13.7 Å². The van der Waals surface area contributed by atoms with Crippen LogP contribution >= 0.6 is 8.25 Å². The van der Waals surface area contributed by atoms with E-state index in [0.29, 0.717) is 6.61 Å². The number of terminal acetylenes is 1. The molecule has 94 valence electrons. The largest absolute Gasteiger partial charge is 0.318 e. The van der Waals surface area contributed by atoms with Gasteiger partial charge in [-0.05, 0) is 17.3 Å². The van der Waals surface area contributed by atoms with E-state index in [4.69, 9.17) is 10.9 Å². The smallest absolute Gasteiger partial charge is 0.314 e. The normalized spacial score (nSPS) is 14.5. The summed E-state index contributed by atoms with van der Waals surface area (Å²) in [6.07, 6.45) is 6.98. The van der Waals surface area contributed by atoms with Crippen LogP contribution in [0.5, 0.6) is 0 Å². The van der Waals surface area contributed by atoms with Crippen molar-refractivity contribution in [3.63, 3.8) is 0 Å². The summed E-state index contributed by atoms with van der Waals surface area (Å²) in [4.78, 5) is 0. The van der Waals surface area contributed by atoms with Crippen molar-refractivity contribution in [2.45, 2.75) is 40.5 Å². The van der Waals surface area contributed by atoms with Crippen molar-refractivity contribution >= 4 is 8.25 Å². The molecule has 0 rings (SSSR count). The third kappa shape index (κ3) is 7.06. The first-order chi connectivity index (χ1) is 7.22. The van der Waals surface area contributed by atoms with E-state index in [1.165, 1.54) is 7.11 Å². The van der Waals surface area contributed by atoms with Gasteiger partial charge in [0.25, 0.3) is 0 Å². The van der Waals surface area contributed by atoms with Crippen LogP contribution in [0.4, 0.5) is 0 Å². The maximum atomic E-state index is 11.1. The van der Waals surface area contributed by atoms with Crippen LogP contribution in [0, 0.1) is 23.2 Å². The van der Waals surface area contributed by atoms with Crippen LogP contribution in [0.15, 0.2) is 0 Å². The van der Waals surface area contributed by atoms with Gasteiger partial charge in [0, 0.05) is 13.5 Å². The molecule has 0 aliphatic heterocycles. The summed E-state index contributed by atoms with van der Waals surface area (Å²) < 4.78 is 20.8. The molecule has 3 nitrogen and oxygen atoms in total. The Bertz CT molecular complexity index is 276. The number of rotatable bonds is 7. The van der Waals surface area contributed by atoms with E-state index in [1.807, 2.05) is 0 Å². The van der Waals surface area contributed by atoms with Crippen molar-refractivity contribution in [1.29, 1.82) is 0 Å². The maximum absolute atomic E-state index is 11.1. The lowest BCUT2D eigenvalue weighted by molar-refractivity contribution is 0.112. The molecular weight excluding hydrogens is 223 g/mol. The number of hydrogen-bond donors (Lipinski definition) is 0. The van der Waals surface area contributed by atoms with Crippen LogP contribution in [0.25, 0.3) is 0 Å². The van der Waals surface area contributed by atoms with Crippen molar-refractivity contribution in [2.24, 2.45) is 10.8 Å². The molecule has 0 fully saturated rings. The molecule has 0 spiro atoms. The second-order valence-electron chi connectivity index (χ2n) is 5.63. The van der Waals surface area contributed by atoms with Gasteiger partial charge in [-0.2, -0.15) is 0 Å². The Morgan fingerprint density at radius 2 is 1.81 bits per heavy atom. The molecule has 1 unspecified atom stereocenters. The summed E-state index contributed by atoms with van der Waals surface area (Å²) in [6.45, 7) is 8.85. The molecule has 1 atom stereocenters. The van der Waals surface area contributed by atoms with Crippen LogP contribution in [-0.2, 0) is 13.6 Å². The van der Waals surface area contributed by atoms with Gasteiger partial charge in [0.15, 0.2) is 0 Å². The van der Waals surface area contributed by atoms with E-state index in [2.05, 4.69) is 38.1 Å². The highest BCUT2D eigenvalue weighted by molar-refractivity contribution is 7.33. The lowest BCUT2D eigenvalue weighted by Gasteiger charge is -2.33. The minimum atomic E-state index is -2.32. The zero-order valence-electron chi connectivity index (χ0n) is 10.9. The molecule has 0 saturated carbocycles. The van der Waals surface area contributed by atoms with Crippen LogP contribution in [0.2, 0.25) is 0 Å². The van der Waals surface area contributed by atoms with Gasteiger partial charge >= 0.3 is 8.25 Å². The molecule has 16 heavy (non-hydrogen) atoms. The summed E-state index contributed by atoms with van der Waals surface area (Å²) in [5.41, 5.74) is 0.0175. The van der Waals surface area contributed by atoms with Crippen molar-refractivity contribution in [1.82, 2.24) is 0 Å². The molecule has 4 heteroatoms. The van der Waals surface area contributed by atoms with Gasteiger partial charge in [-0.3, -0.25) is 4.57 Å². The van der Waals surface area contributed by atoms with E-state index in [1.54, 1.807) is 0 Å². The Labute approximate surface area is 99.9 Å². The first kappa shape index (κ1) is 15.7. The molecule has 0 aromatic rings. The minimum absolute atomic E-state index is 0.0563. The van der Waals surface area contributed by atoms with Gasteiger partial charge in [0.2, 0.25) is 0 Å². The molecule has 0 saturated heterocycles. The Balaban J connectivity index is 4.24. The molecule has 0 radical (unpaired) electrons. The fraction of sp³-hybridized carbons (Fsp3) is 0.833. The molecular formula is C12H23O3P. The second-order valence-corrected chi connectivity index (χ2v) is 6.83. The van der Waals surface area contributed by atoms with E-state index in [9.17, 15) is 4.57 Å². The fourth-order valence-electron chi connectivity index (χ4n) is 2.00. The van der Waals surface area contributed by atoms with Crippen LogP contribution in [0.3, 0.4) is 0 Å². The standard InChI is InChI=1S/C12H23O3P/c1-7-8-11(2,3)9-12(4,5)10-15-16(13)14-6/h1,16H,8-10H2,2-6H3.